The molecule has 1 aromatic rings. The van der Waals surface area contributed by atoms with Crippen molar-refractivity contribution in [1.29, 1.82) is 0 Å². The number of aliphatic hydroxyl groups is 2. The van der Waals surface area contributed by atoms with Gasteiger partial charge in [-0.05, 0) is 61.7 Å². The summed E-state index contributed by atoms with van der Waals surface area (Å²) in [7, 11) is 0. The van der Waals surface area contributed by atoms with Crippen molar-refractivity contribution in [2.24, 2.45) is 28.8 Å². The van der Waals surface area contributed by atoms with Crippen LogP contribution in [-0.2, 0) is 35.3 Å². The minimum atomic E-state index is -1.06. The van der Waals surface area contributed by atoms with Crippen molar-refractivity contribution in [1.82, 2.24) is 0 Å². The van der Waals surface area contributed by atoms with Crippen LogP contribution in [-0.4, -0.2) is 58.6 Å². The number of esters is 2. The largest absolute Gasteiger partial charge is 0.461 e. The molecule has 1 aromatic carbocycles. The molecule has 230 valence electrons. The van der Waals surface area contributed by atoms with E-state index in [9.17, 15) is 24.6 Å². The van der Waals surface area contributed by atoms with Gasteiger partial charge >= 0.3 is 11.9 Å². The van der Waals surface area contributed by atoms with Crippen LogP contribution in [0.15, 0.2) is 59.8 Å². The van der Waals surface area contributed by atoms with Crippen LogP contribution < -0.4 is 0 Å². The van der Waals surface area contributed by atoms with Crippen molar-refractivity contribution >= 4 is 23.4 Å². The van der Waals surface area contributed by atoms with Crippen LogP contribution in [0, 0.1) is 23.7 Å². The van der Waals surface area contributed by atoms with Crippen molar-refractivity contribution in [2.45, 2.75) is 90.6 Å². The quantitative estimate of drug-likeness (QED) is 0.173. The summed E-state index contributed by atoms with van der Waals surface area (Å²) in [6, 6.07) is 9.67. The maximum absolute atomic E-state index is 13.2. The fourth-order valence-corrected chi connectivity index (χ4v) is 5.64. The minimum Gasteiger partial charge on any atom is -0.461 e. The van der Waals surface area contributed by atoms with Gasteiger partial charge in [-0.15, -0.1) is 0 Å². The second-order valence-electron chi connectivity index (χ2n) is 11.4. The molecular weight excluding hydrogens is 538 g/mol. The first kappa shape index (κ1) is 33.2. The van der Waals surface area contributed by atoms with Gasteiger partial charge in [-0.25, -0.2) is 0 Å². The van der Waals surface area contributed by atoms with Gasteiger partial charge in [-0.1, -0.05) is 68.9 Å². The topological polar surface area (TPSA) is 132 Å². The first-order valence-corrected chi connectivity index (χ1v) is 15.0. The van der Waals surface area contributed by atoms with Gasteiger partial charge < -0.3 is 24.5 Å². The van der Waals surface area contributed by atoms with Crippen LogP contribution in [0.2, 0.25) is 0 Å². The fraction of sp³-hybridized carbons (Fsp3) is 0.576. The van der Waals surface area contributed by atoms with Crippen molar-refractivity contribution in [3.05, 3.63) is 60.2 Å². The lowest BCUT2D eigenvalue weighted by molar-refractivity contribution is -0.158. The Morgan fingerprint density at radius 2 is 1.93 bits per heavy atom. The Kier molecular flexibility index (Phi) is 12.9. The maximum atomic E-state index is 13.2. The molecule has 3 rings (SSSR count). The predicted molar refractivity (Wildman–Crippen MR) is 158 cm³/mol. The van der Waals surface area contributed by atoms with Gasteiger partial charge in [-0.2, -0.15) is 0 Å². The number of hydrogen-bond donors (Lipinski definition) is 2. The van der Waals surface area contributed by atoms with E-state index in [4.69, 9.17) is 14.3 Å². The van der Waals surface area contributed by atoms with Gasteiger partial charge in [0.1, 0.15) is 19.3 Å². The van der Waals surface area contributed by atoms with Crippen LogP contribution >= 0.6 is 0 Å². The average Bonchev–Trinajstić information content (AvgIpc) is 2.97. The number of aliphatic hydroxyl groups excluding tert-OH is 2. The van der Waals surface area contributed by atoms with Gasteiger partial charge in [0.15, 0.2) is 5.78 Å². The molecule has 1 fully saturated rings. The monoisotopic (exact) mass is 583 g/mol. The minimum absolute atomic E-state index is 0.00192. The van der Waals surface area contributed by atoms with Crippen LogP contribution in [0.25, 0.3) is 0 Å². The maximum Gasteiger partial charge on any atom is 0.308 e. The fourth-order valence-electron chi connectivity index (χ4n) is 5.64. The Morgan fingerprint density at radius 3 is 2.62 bits per heavy atom. The van der Waals surface area contributed by atoms with Gasteiger partial charge in [0.05, 0.1) is 30.3 Å². The molecule has 0 radical (unpaired) electrons. The molecule has 0 amide bonds. The van der Waals surface area contributed by atoms with E-state index in [0.29, 0.717) is 37.8 Å². The van der Waals surface area contributed by atoms with Gasteiger partial charge in [0, 0.05) is 11.8 Å². The summed E-state index contributed by atoms with van der Waals surface area (Å²) in [5.41, 5.74) is 2.37. The number of allylic oxidation sites excluding steroid dienone is 1. The van der Waals surface area contributed by atoms with E-state index in [1.54, 1.807) is 6.08 Å². The highest BCUT2D eigenvalue weighted by molar-refractivity contribution is 6.08. The van der Waals surface area contributed by atoms with Crippen LogP contribution in [0.4, 0.5) is 0 Å². The molecule has 0 saturated heterocycles. The smallest absolute Gasteiger partial charge is 0.308 e. The lowest BCUT2D eigenvalue weighted by Gasteiger charge is -2.43. The highest BCUT2D eigenvalue weighted by Crippen LogP contribution is 2.45. The normalized spacial score (nSPS) is 25.0. The number of rotatable bonds is 15. The molecule has 42 heavy (non-hydrogen) atoms. The van der Waals surface area contributed by atoms with E-state index in [2.05, 4.69) is 11.7 Å². The Hall–Kier alpha value is -3.30. The SMILES string of the molecule is C=CCOC(=O)CC(O)CC(O)CCC1C(C)C(=O)C=C2C(=NOCc3ccccc3)CCC(OC(=O)C(C)CC)C21. The molecular formula is C33H45NO8. The summed E-state index contributed by atoms with van der Waals surface area (Å²) in [4.78, 5) is 43.5. The molecule has 0 bridgehead atoms. The number of oxime groups is 1. The Balaban J connectivity index is 1.76. The third-order valence-corrected chi connectivity index (χ3v) is 8.28. The van der Waals surface area contributed by atoms with E-state index in [0.717, 1.165) is 11.1 Å². The summed E-state index contributed by atoms with van der Waals surface area (Å²) in [5, 5.41) is 25.4. The van der Waals surface area contributed by atoms with E-state index in [-0.39, 0.29) is 61.5 Å². The summed E-state index contributed by atoms with van der Waals surface area (Å²) in [6.45, 7) is 9.47. The number of nitrogens with zero attached hydrogens (tertiary/aromatic N) is 1. The van der Waals surface area contributed by atoms with E-state index in [1.807, 2.05) is 51.1 Å². The lowest BCUT2D eigenvalue weighted by Crippen LogP contribution is -2.46. The van der Waals surface area contributed by atoms with Crippen LogP contribution in [0.3, 0.4) is 0 Å². The molecule has 2 aliphatic rings. The van der Waals surface area contributed by atoms with Crippen molar-refractivity contribution in [2.75, 3.05) is 6.61 Å². The lowest BCUT2D eigenvalue weighted by atomic mass is 9.63. The zero-order valence-corrected chi connectivity index (χ0v) is 24.9. The van der Waals surface area contributed by atoms with Crippen molar-refractivity contribution in [3.63, 3.8) is 0 Å². The number of ether oxygens (including phenoxy) is 2. The first-order valence-electron chi connectivity index (χ1n) is 15.0. The molecule has 9 nitrogen and oxygen atoms in total. The zero-order chi connectivity index (χ0) is 30.6. The second kappa shape index (κ2) is 16.4. The summed E-state index contributed by atoms with van der Waals surface area (Å²) >= 11 is 0. The van der Waals surface area contributed by atoms with Gasteiger partial charge in [0.2, 0.25) is 0 Å². The first-order chi connectivity index (χ1) is 20.1. The highest BCUT2D eigenvalue weighted by Gasteiger charge is 2.46. The van der Waals surface area contributed by atoms with Gasteiger partial charge in [-0.3, -0.25) is 14.4 Å². The molecule has 0 spiro atoms. The molecule has 0 heterocycles. The molecule has 2 N–H and O–H groups in total. The standard InChI is InChI=1S/C33H45NO8/c1-5-16-40-31(38)18-25(36)17-24(35)12-13-26-22(4)29(37)19-27-28(34-41-20-23-10-8-7-9-11-23)14-15-30(32(26)27)42-33(39)21(3)6-2/h5,7-11,19,21-22,24-26,30,32,35-36H,1,6,12-18,20H2,2-4H3. The van der Waals surface area contributed by atoms with Crippen LogP contribution in [0.5, 0.6) is 0 Å². The molecule has 9 heteroatoms. The highest BCUT2D eigenvalue weighted by atomic mass is 16.6. The van der Waals surface area contributed by atoms with Gasteiger partial charge in [0.25, 0.3) is 0 Å². The van der Waals surface area contributed by atoms with Crippen LogP contribution in [0.1, 0.15) is 71.3 Å². The molecule has 2 aliphatic carbocycles. The Bertz CT molecular complexity index is 1130. The summed E-state index contributed by atoms with van der Waals surface area (Å²) in [6.07, 6.45) is 2.91. The van der Waals surface area contributed by atoms with E-state index < -0.39 is 24.3 Å². The number of ketones is 1. The molecule has 1 saturated carbocycles. The number of carbonyl (C=O) groups excluding carboxylic acids is 3. The van der Waals surface area contributed by atoms with Crippen molar-refractivity contribution in [3.8, 4) is 0 Å². The number of hydrogen-bond acceptors (Lipinski definition) is 9. The summed E-state index contributed by atoms with van der Waals surface area (Å²) in [5.74, 6) is -2.00. The number of carbonyl (C=O) groups is 3. The third kappa shape index (κ3) is 9.36. The summed E-state index contributed by atoms with van der Waals surface area (Å²) < 4.78 is 11.0. The second-order valence-corrected chi connectivity index (χ2v) is 11.4. The third-order valence-electron chi connectivity index (χ3n) is 8.28. The predicted octanol–water partition coefficient (Wildman–Crippen LogP) is 4.70. The number of benzene rings is 1. The Labute approximate surface area is 248 Å². The number of fused-ring (bicyclic) bond motifs is 1. The van der Waals surface area contributed by atoms with Crippen molar-refractivity contribution < 1.29 is 38.9 Å². The molecule has 7 atom stereocenters. The molecule has 7 unspecified atom stereocenters. The Morgan fingerprint density at radius 1 is 1.19 bits per heavy atom. The molecule has 0 aromatic heterocycles. The molecule has 0 aliphatic heterocycles. The van der Waals surface area contributed by atoms with E-state index >= 15 is 0 Å². The zero-order valence-electron chi connectivity index (χ0n) is 24.9. The van der Waals surface area contributed by atoms with E-state index in [1.165, 1.54) is 6.08 Å². The average molecular weight is 584 g/mol.